The maximum absolute atomic E-state index is 13.1. The first-order chi connectivity index (χ1) is 27.3. The summed E-state index contributed by atoms with van der Waals surface area (Å²) in [6.07, 6.45) is 2.43. The van der Waals surface area contributed by atoms with Gasteiger partial charge >= 0.3 is 0 Å². The Kier molecular flexibility index (Phi) is 10.9. The van der Waals surface area contributed by atoms with E-state index < -0.39 is 11.9 Å². The molecule has 0 spiro atoms. The molecule has 0 bridgehead atoms. The fourth-order valence-electron chi connectivity index (χ4n) is 8.25. The first-order valence-corrected chi connectivity index (χ1v) is 19.6. The minimum absolute atomic E-state index is 0.0959. The number of ether oxygens (including phenoxy) is 2. The SMILES string of the molecule is Cc1c(-c2ccccc2)n(Cc2ccc(OCCCCN3CCN(C(=O)COc4cccc5c4CN(C4CCC(=O)NC4=O)C5=O)CC3)cc2)c2ccccc12. The number of amides is 4. The average Bonchev–Trinajstić information content (AvgIpc) is 3.70. The van der Waals surface area contributed by atoms with Gasteiger partial charge in [0.1, 0.15) is 17.5 Å². The molecule has 0 saturated carbocycles. The Labute approximate surface area is 326 Å². The molecule has 0 aliphatic carbocycles. The number of piperidine rings is 1. The molecule has 3 aliphatic rings. The summed E-state index contributed by atoms with van der Waals surface area (Å²) in [4.78, 5) is 56.0. The fraction of sp³-hybridized carbons (Fsp3) is 0.333. The van der Waals surface area contributed by atoms with E-state index in [0.29, 0.717) is 43.0 Å². The molecular weight excluding hydrogens is 707 g/mol. The highest BCUT2D eigenvalue weighted by Crippen LogP contribution is 2.35. The van der Waals surface area contributed by atoms with Crippen LogP contribution in [0.4, 0.5) is 0 Å². The van der Waals surface area contributed by atoms with Crippen LogP contribution in [0.15, 0.2) is 97.1 Å². The first-order valence-electron chi connectivity index (χ1n) is 19.6. The zero-order valence-electron chi connectivity index (χ0n) is 31.7. The standard InChI is InChI=1S/C45H47N5O6/c1-31-35-12-5-6-14-38(35)49(43(31)33-10-3-2-4-11-33)28-32-16-18-34(19-17-32)55-27-8-7-22-47-23-25-48(26-24-47)42(52)30-56-40-15-9-13-36-37(40)29-50(45(36)54)39-20-21-41(51)46-44(39)53/h2-6,9-19,39H,7-8,20-30H2,1H3,(H,46,51,53). The summed E-state index contributed by atoms with van der Waals surface area (Å²) in [7, 11) is 0. The maximum Gasteiger partial charge on any atom is 0.260 e. The summed E-state index contributed by atoms with van der Waals surface area (Å²) < 4.78 is 14.5. The van der Waals surface area contributed by atoms with Crippen molar-refractivity contribution in [1.29, 1.82) is 0 Å². The number of hydrogen-bond acceptors (Lipinski definition) is 7. The molecule has 1 unspecified atom stereocenters. The van der Waals surface area contributed by atoms with Crippen molar-refractivity contribution in [2.45, 2.75) is 51.7 Å². The maximum atomic E-state index is 13.1. The third kappa shape index (κ3) is 7.77. The zero-order chi connectivity index (χ0) is 38.6. The summed E-state index contributed by atoms with van der Waals surface area (Å²) in [5.74, 6) is 0.192. The van der Waals surface area contributed by atoms with Crippen LogP contribution in [0.2, 0.25) is 0 Å². The van der Waals surface area contributed by atoms with Gasteiger partial charge in [-0.1, -0.05) is 66.7 Å². The van der Waals surface area contributed by atoms with Crippen LogP contribution in [0.5, 0.6) is 11.5 Å². The number of piperazine rings is 1. The highest BCUT2D eigenvalue weighted by atomic mass is 16.5. The fourth-order valence-corrected chi connectivity index (χ4v) is 8.25. The highest BCUT2D eigenvalue weighted by Gasteiger charge is 2.40. The highest BCUT2D eigenvalue weighted by molar-refractivity contribution is 6.05. The zero-order valence-corrected chi connectivity index (χ0v) is 31.7. The van der Waals surface area contributed by atoms with Crippen molar-refractivity contribution in [2.75, 3.05) is 45.9 Å². The number of rotatable bonds is 13. The molecule has 4 heterocycles. The lowest BCUT2D eigenvalue weighted by Gasteiger charge is -2.34. The van der Waals surface area contributed by atoms with Gasteiger partial charge in [-0.3, -0.25) is 29.4 Å². The molecule has 4 amide bonds. The number of nitrogens with zero attached hydrogens (tertiary/aromatic N) is 4. The Balaban J connectivity index is 0.756. The lowest BCUT2D eigenvalue weighted by molar-refractivity contribution is -0.137. The molecular formula is C45H47N5O6. The van der Waals surface area contributed by atoms with Crippen LogP contribution in [0.25, 0.3) is 22.2 Å². The van der Waals surface area contributed by atoms with Gasteiger partial charge in [-0.2, -0.15) is 0 Å². The number of aryl methyl sites for hydroxylation is 1. The van der Waals surface area contributed by atoms with Crippen LogP contribution in [-0.2, 0) is 27.5 Å². The van der Waals surface area contributed by atoms with E-state index in [9.17, 15) is 19.2 Å². The van der Waals surface area contributed by atoms with E-state index in [1.807, 2.05) is 4.90 Å². The van der Waals surface area contributed by atoms with E-state index in [1.54, 1.807) is 18.2 Å². The van der Waals surface area contributed by atoms with Crippen molar-refractivity contribution in [1.82, 2.24) is 24.6 Å². The number of carbonyl (C=O) groups excluding carboxylic acids is 4. The molecule has 1 aromatic heterocycles. The smallest absolute Gasteiger partial charge is 0.260 e. The van der Waals surface area contributed by atoms with Gasteiger partial charge in [-0.05, 0) is 79.8 Å². The molecule has 1 atom stereocenters. The number of unbranched alkanes of at least 4 members (excludes halogenated alkanes) is 1. The molecule has 4 aromatic carbocycles. The summed E-state index contributed by atoms with van der Waals surface area (Å²) in [5.41, 5.74) is 7.34. The molecule has 11 heteroatoms. The number of para-hydroxylation sites is 1. The molecule has 5 aromatic rings. The molecule has 3 aliphatic heterocycles. The number of aromatic nitrogens is 1. The van der Waals surface area contributed by atoms with Gasteiger partial charge in [0.2, 0.25) is 11.8 Å². The van der Waals surface area contributed by atoms with Crippen molar-refractivity contribution in [3.63, 3.8) is 0 Å². The summed E-state index contributed by atoms with van der Waals surface area (Å²) in [6, 6.07) is 32.1. The predicted octanol–water partition coefficient (Wildman–Crippen LogP) is 5.81. The van der Waals surface area contributed by atoms with Crippen LogP contribution in [0.3, 0.4) is 0 Å². The van der Waals surface area contributed by atoms with Gasteiger partial charge in [0, 0.05) is 61.2 Å². The van der Waals surface area contributed by atoms with Gasteiger partial charge in [0.05, 0.1) is 18.8 Å². The van der Waals surface area contributed by atoms with Gasteiger partial charge in [-0.25, -0.2) is 0 Å². The number of carbonyl (C=O) groups is 4. The van der Waals surface area contributed by atoms with Crippen molar-refractivity contribution in [3.8, 4) is 22.8 Å². The van der Waals surface area contributed by atoms with Crippen LogP contribution in [-0.4, -0.2) is 94.9 Å². The molecule has 8 rings (SSSR count). The van der Waals surface area contributed by atoms with Gasteiger partial charge in [0.25, 0.3) is 11.8 Å². The monoisotopic (exact) mass is 753 g/mol. The minimum Gasteiger partial charge on any atom is -0.494 e. The molecule has 0 radical (unpaired) electrons. The van der Waals surface area contributed by atoms with E-state index in [1.165, 1.54) is 38.2 Å². The second-order valence-corrected chi connectivity index (χ2v) is 14.8. The van der Waals surface area contributed by atoms with E-state index >= 15 is 0 Å². The largest absolute Gasteiger partial charge is 0.494 e. The van der Waals surface area contributed by atoms with Crippen molar-refractivity contribution in [3.05, 3.63) is 119 Å². The third-order valence-electron chi connectivity index (χ3n) is 11.3. The van der Waals surface area contributed by atoms with E-state index in [0.717, 1.165) is 44.8 Å². The molecule has 56 heavy (non-hydrogen) atoms. The van der Waals surface area contributed by atoms with Gasteiger partial charge in [-0.15, -0.1) is 0 Å². The Morgan fingerprint density at radius 1 is 0.821 bits per heavy atom. The Hall–Kier alpha value is -5.94. The lowest BCUT2D eigenvalue weighted by atomic mass is 10.0. The Morgan fingerprint density at radius 2 is 1.59 bits per heavy atom. The predicted molar refractivity (Wildman–Crippen MR) is 213 cm³/mol. The van der Waals surface area contributed by atoms with Crippen molar-refractivity contribution >= 4 is 34.5 Å². The molecule has 2 fully saturated rings. The van der Waals surface area contributed by atoms with Gasteiger partial charge < -0.3 is 23.8 Å². The normalized spacial score (nSPS) is 17.3. The second-order valence-electron chi connectivity index (χ2n) is 14.8. The van der Waals surface area contributed by atoms with Crippen LogP contribution >= 0.6 is 0 Å². The minimum atomic E-state index is -0.703. The molecule has 11 nitrogen and oxygen atoms in total. The van der Waals surface area contributed by atoms with Crippen LogP contribution in [0.1, 0.15) is 52.7 Å². The Morgan fingerprint density at radius 3 is 2.38 bits per heavy atom. The molecule has 1 N–H and O–H groups in total. The summed E-state index contributed by atoms with van der Waals surface area (Å²) >= 11 is 0. The number of hydrogen-bond donors (Lipinski definition) is 1. The second kappa shape index (κ2) is 16.4. The Bertz CT molecular complexity index is 2240. The van der Waals surface area contributed by atoms with Crippen molar-refractivity contribution < 1.29 is 28.7 Å². The number of nitrogens with one attached hydrogen (secondary N) is 1. The van der Waals surface area contributed by atoms with Gasteiger partial charge in [0.15, 0.2) is 6.61 Å². The number of benzene rings is 4. The number of imide groups is 1. The van der Waals surface area contributed by atoms with E-state index in [-0.39, 0.29) is 37.3 Å². The third-order valence-corrected chi connectivity index (χ3v) is 11.3. The van der Waals surface area contributed by atoms with Crippen LogP contribution in [0, 0.1) is 6.92 Å². The molecule has 2 saturated heterocycles. The van der Waals surface area contributed by atoms with Crippen molar-refractivity contribution in [2.24, 2.45) is 0 Å². The summed E-state index contributed by atoms with van der Waals surface area (Å²) in [6.45, 7) is 7.51. The first kappa shape index (κ1) is 37.0. The lowest BCUT2D eigenvalue weighted by Crippen LogP contribution is -2.52. The topological polar surface area (TPSA) is 113 Å². The van der Waals surface area contributed by atoms with Crippen LogP contribution < -0.4 is 14.8 Å². The van der Waals surface area contributed by atoms with E-state index in [4.69, 9.17) is 9.47 Å². The quantitative estimate of drug-likeness (QED) is 0.119. The van der Waals surface area contributed by atoms with E-state index in [2.05, 4.69) is 101 Å². The summed E-state index contributed by atoms with van der Waals surface area (Å²) in [5, 5.41) is 3.60. The molecule has 288 valence electrons. The average molecular weight is 754 g/mol. The number of fused-ring (bicyclic) bond motifs is 2.